The van der Waals surface area contributed by atoms with Crippen LogP contribution in [0.2, 0.25) is 0 Å². The van der Waals surface area contributed by atoms with E-state index in [1.54, 1.807) is 24.3 Å². The summed E-state index contributed by atoms with van der Waals surface area (Å²) in [5, 5.41) is 5.70. The van der Waals surface area contributed by atoms with Crippen molar-refractivity contribution >= 4 is 17.9 Å². The number of rotatable bonds is 6. The maximum atomic E-state index is 13.0. The van der Waals surface area contributed by atoms with Crippen molar-refractivity contribution in [3.63, 3.8) is 0 Å². The second-order valence-corrected chi connectivity index (χ2v) is 7.38. The third-order valence-electron chi connectivity index (χ3n) is 5.09. The molecule has 2 N–H and O–H groups in total. The molecule has 2 aromatic carbocycles. The Hall–Kier alpha value is -3.60. The van der Waals surface area contributed by atoms with Crippen LogP contribution in [0.5, 0.6) is 0 Å². The number of amides is 2. The zero-order chi connectivity index (χ0) is 21.7. The molecule has 0 saturated carbocycles. The van der Waals surface area contributed by atoms with Crippen LogP contribution < -0.4 is 10.6 Å². The lowest BCUT2D eigenvalue weighted by atomic mass is 10.0. The number of furan rings is 1. The molecule has 1 heterocycles. The van der Waals surface area contributed by atoms with Crippen molar-refractivity contribution in [1.29, 1.82) is 0 Å². The molecular weight excluding hydrogens is 376 g/mol. The first-order chi connectivity index (χ1) is 14.3. The quantitative estimate of drug-likeness (QED) is 0.579. The predicted molar refractivity (Wildman–Crippen MR) is 118 cm³/mol. The van der Waals surface area contributed by atoms with Crippen molar-refractivity contribution in [3.05, 3.63) is 100 Å². The summed E-state index contributed by atoms with van der Waals surface area (Å²) in [4.78, 5) is 25.8. The zero-order valence-corrected chi connectivity index (χ0v) is 17.7. The number of carbonyl (C=O) groups is 2. The van der Waals surface area contributed by atoms with Gasteiger partial charge in [-0.2, -0.15) is 0 Å². The maximum Gasteiger partial charge on any atom is 0.268 e. The lowest BCUT2D eigenvalue weighted by Gasteiger charge is -2.18. The van der Waals surface area contributed by atoms with E-state index in [9.17, 15) is 9.59 Å². The standard InChI is InChI=1S/C25H26N2O3/c1-16-11-12-20(14-18(16)3)19(4)26-25(29)23(15-21-9-7-13-30-21)27-24(28)22-10-6-5-8-17(22)2/h5-15,19H,1-4H3,(H,26,29)(H,27,28)/b23-15-. The smallest absolute Gasteiger partial charge is 0.268 e. The minimum Gasteiger partial charge on any atom is -0.465 e. The van der Waals surface area contributed by atoms with Crippen LogP contribution in [0, 0.1) is 20.8 Å². The molecule has 0 saturated heterocycles. The van der Waals surface area contributed by atoms with Gasteiger partial charge in [0.15, 0.2) is 0 Å². The number of aryl methyl sites for hydroxylation is 3. The second kappa shape index (κ2) is 9.27. The van der Waals surface area contributed by atoms with Gasteiger partial charge in [-0.25, -0.2) is 0 Å². The average Bonchev–Trinajstić information content (AvgIpc) is 3.22. The molecule has 2 amide bonds. The third-order valence-corrected chi connectivity index (χ3v) is 5.09. The molecule has 1 unspecified atom stereocenters. The van der Waals surface area contributed by atoms with Crippen molar-refractivity contribution in [3.8, 4) is 0 Å². The second-order valence-electron chi connectivity index (χ2n) is 7.38. The van der Waals surface area contributed by atoms with Gasteiger partial charge in [-0.15, -0.1) is 0 Å². The van der Waals surface area contributed by atoms with Crippen LogP contribution in [0.15, 0.2) is 71.0 Å². The summed E-state index contributed by atoms with van der Waals surface area (Å²) in [5.41, 5.74) is 4.81. The number of hydrogen-bond donors (Lipinski definition) is 2. The Bertz CT molecular complexity index is 1080. The Morgan fingerprint density at radius 2 is 1.70 bits per heavy atom. The van der Waals surface area contributed by atoms with Gasteiger partial charge in [0, 0.05) is 11.6 Å². The summed E-state index contributed by atoms with van der Waals surface area (Å²) in [6, 6.07) is 16.5. The minimum absolute atomic E-state index is 0.119. The SMILES string of the molecule is Cc1ccc(C(C)NC(=O)/C(=C/c2ccco2)NC(=O)c2ccccc2C)cc1C. The highest BCUT2D eigenvalue weighted by molar-refractivity contribution is 6.05. The first-order valence-electron chi connectivity index (χ1n) is 9.85. The number of nitrogens with one attached hydrogen (secondary N) is 2. The van der Waals surface area contributed by atoms with Gasteiger partial charge in [0.2, 0.25) is 0 Å². The van der Waals surface area contributed by atoms with Gasteiger partial charge in [0.05, 0.1) is 12.3 Å². The summed E-state index contributed by atoms with van der Waals surface area (Å²) >= 11 is 0. The fourth-order valence-electron chi connectivity index (χ4n) is 3.08. The van der Waals surface area contributed by atoms with E-state index in [1.165, 1.54) is 17.9 Å². The summed E-state index contributed by atoms with van der Waals surface area (Å²) in [6.45, 7) is 7.86. The van der Waals surface area contributed by atoms with E-state index in [1.807, 2.05) is 52.0 Å². The highest BCUT2D eigenvalue weighted by atomic mass is 16.3. The normalized spacial score (nSPS) is 12.3. The van der Waals surface area contributed by atoms with Gasteiger partial charge in [-0.1, -0.05) is 36.4 Å². The molecule has 0 aliphatic rings. The summed E-state index contributed by atoms with van der Waals surface area (Å²) in [7, 11) is 0. The van der Waals surface area contributed by atoms with Crippen LogP contribution in [0.4, 0.5) is 0 Å². The van der Waals surface area contributed by atoms with Crippen molar-refractivity contribution in [2.24, 2.45) is 0 Å². The first kappa shape index (κ1) is 21.1. The molecule has 5 nitrogen and oxygen atoms in total. The van der Waals surface area contributed by atoms with E-state index < -0.39 is 0 Å². The fraction of sp³-hybridized carbons (Fsp3) is 0.200. The number of hydrogen-bond acceptors (Lipinski definition) is 3. The van der Waals surface area contributed by atoms with Gasteiger partial charge in [0.25, 0.3) is 11.8 Å². The Labute approximate surface area is 176 Å². The van der Waals surface area contributed by atoms with Crippen LogP contribution in [0.3, 0.4) is 0 Å². The molecule has 0 spiro atoms. The van der Waals surface area contributed by atoms with E-state index in [-0.39, 0.29) is 23.6 Å². The van der Waals surface area contributed by atoms with Gasteiger partial charge >= 0.3 is 0 Å². The minimum atomic E-state index is -0.390. The molecule has 0 bridgehead atoms. The van der Waals surface area contributed by atoms with Crippen LogP contribution in [0.25, 0.3) is 6.08 Å². The Morgan fingerprint density at radius 3 is 2.37 bits per heavy atom. The summed E-state index contributed by atoms with van der Waals surface area (Å²) in [5.74, 6) is -0.261. The highest BCUT2D eigenvalue weighted by Crippen LogP contribution is 2.18. The largest absolute Gasteiger partial charge is 0.465 e. The first-order valence-corrected chi connectivity index (χ1v) is 9.85. The third kappa shape index (κ3) is 5.06. The summed E-state index contributed by atoms with van der Waals surface area (Å²) < 4.78 is 5.34. The van der Waals surface area contributed by atoms with Crippen molar-refractivity contribution in [2.75, 3.05) is 0 Å². The average molecular weight is 402 g/mol. The van der Waals surface area contributed by atoms with Crippen LogP contribution in [-0.2, 0) is 4.79 Å². The number of benzene rings is 2. The molecular formula is C25H26N2O3. The Balaban J connectivity index is 1.83. The molecule has 0 aliphatic heterocycles. The van der Waals surface area contributed by atoms with Gasteiger partial charge in [0.1, 0.15) is 11.5 Å². The lowest BCUT2D eigenvalue weighted by molar-refractivity contribution is -0.118. The zero-order valence-electron chi connectivity index (χ0n) is 17.7. The molecule has 5 heteroatoms. The van der Waals surface area contributed by atoms with E-state index in [4.69, 9.17) is 4.42 Å². The molecule has 1 atom stereocenters. The molecule has 3 aromatic rings. The van der Waals surface area contributed by atoms with Gasteiger partial charge in [-0.05, 0) is 68.1 Å². The van der Waals surface area contributed by atoms with E-state index >= 15 is 0 Å². The Morgan fingerprint density at radius 1 is 0.933 bits per heavy atom. The topological polar surface area (TPSA) is 71.3 Å². The van der Waals surface area contributed by atoms with E-state index in [0.717, 1.165) is 16.7 Å². The molecule has 154 valence electrons. The molecule has 3 rings (SSSR count). The predicted octanol–water partition coefficient (Wildman–Crippen LogP) is 4.85. The van der Waals surface area contributed by atoms with Crippen molar-refractivity contribution in [2.45, 2.75) is 33.7 Å². The number of carbonyl (C=O) groups excluding carboxylic acids is 2. The van der Waals surface area contributed by atoms with E-state index in [2.05, 4.69) is 16.7 Å². The van der Waals surface area contributed by atoms with Crippen LogP contribution >= 0.6 is 0 Å². The molecule has 0 aliphatic carbocycles. The Kier molecular flexibility index (Phi) is 6.52. The molecule has 1 aromatic heterocycles. The highest BCUT2D eigenvalue weighted by Gasteiger charge is 2.19. The molecule has 30 heavy (non-hydrogen) atoms. The summed E-state index contributed by atoms with van der Waals surface area (Å²) in [6.07, 6.45) is 3.04. The van der Waals surface area contributed by atoms with Crippen LogP contribution in [0.1, 0.15) is 51.3 Å². The maximum absolute atomic E-state index is 13.0. The van der Waals surface area contributed by atoms with Gasteiger partial charge in [-0.3, -0.25) is 9.59 Å². The molecule has 0 radical (unpaired) electrons. The monoisotopic (exact) mass is 402 g/mol. The van der Waals surface area contributed by atoms with Crippen molar-refractivity contribution < 1.29 is 14.0 Å². The van der Waals surface area contributed by atoms with E-state index in [0.29, 0.717) is 11.3 Å². The van der Waals surface area contributed by atoms with Gasteiger partial charge < -0.3 is 15.1 Å². The van der Waals surface area contributed by atoms with Crippen molar-refractivity contribution in [1.82, 2.24) is 10.6 Å². The lowest BCUT2D eigenvalue weighted by Crippen LogP contribution is -2.36. The fourth-order valence-corrected chi connectivity index (χ4v) is 3.08. The molecule has 0 fully saturated rings. The van der Waals surface area contributed by atoms with Crippen LogP contribution in [-0.4, -0.2) is 11.8 Å².